The number of hydrogen-bond acceptors (Lipinski definition) is 10. The van der Waals surface area contributed by atoms with Crippen molar-refractivity contribution in [2.24, 2.45) is 0 Å². The number of hydrogen-bond donors (Lipinski definition) is 5. The van der Waals surface area contributed by atoms with Crippen molar-refractivity contribution in [2.75, 3.05) is 0 Å². The first kappa shape index (κ1) is 35.5. The van der Waals surface area contributed by atoms with E-state index in [1.165, 1.54) is 0 Å². The summed E-state index contributed by atoms with van der Waals surface area (Å²) in [5.41, 5.74) is 6.79. The monoisotopic (exact) mass is 826 g/mol. The summed E-state index contributed by atoms with van der Waals surface area (Å²) >= 11 is 1.57. The molecule has 0 bridgehead atoms. The number of furan rings is 1. The van der Waals surface area contributed by atoms with E-state index < -0.39 is 34.3 Å². The Hall–Kier alpha value is -8.41. The van der Waals surface area contributed by atoms with Gasteiger partial charge in [0.25, 0.3) is 0 Å². The van der Waals surface area contributed by atoms with Crippen molar-refractivity contribution in [1.82, 2.24) is 19.5 Å². The molecule has 11 heteroatoms. The van der Waals surface area contributed by atoms with Gasteiger partial charge in [0.15, 0.2) is 34.6 Å². The number of benzene rings is 8. The van der Waals surface area contributed by atoms with E-state index in [-0.39, 0.29) is 17.5 Å². The number of aromatic hydroxyl groups is 5. The van der Waals surface area contributed by atoms with E-state index in [1.807, 2.05) is 97.1 Å². The second-order valence-electron chi connectivity index (χ2n) is 15.1. The predicted octanol–water partition coefficient (Wildman–Crippen LogP) is 12.4. The first-order valence-electron chi connectivity index (χ1n) is 19.7. The molecule has 0 atom stereocenters. The van der Waals surface area contributed by atoms with Gasteiger partial charge in [0.1, 0.15) is 11.1 Å². The van der Waals surface area contributed by atoms with Crippen molar-refractivity contribution in [3.63, 3.8) is 0 Å². The Labute approximate surface area is 354 Å². The average molecular weight is 827 g/mol. The van der Waals surface area contributed by atoms with E-state index in [0.29, 0.717) is 22.3 Å². The van der Waals surface area contributed by atoms with Gasteiger partial charge in [-0.2, -0.15) is 0 Å². The van der Waals surface area contributed by atoms with E-state index >= 15 is 0 Å². The Balaban J connectivity index is 1.14. The number of phenols is 5. The second-order valence-corrected chi connectivity index (χ2v) is 16.1. The largest absolute Gasteiger partial charge is 0.504 e. The lowest BCUT2D eigenvalue weighted by molar-refractivity contribution is 0.329. The SMILES string of the molecule is Oc1c(O)c(O)c(-c2nc(-c3cccc4c3oc3c(-n5c6ccccc6c6cccc(-c7ccccc7)c65)cccc34)nc(-c3cccc4c3sc3ccccc34)n2)c(O)c1O. The maximum Gasteiger partial charge on any atom is 0.208 e. The van der Waals surface area contributed by atoms with Gasteiger partial charge in [-0.1, -0.05) is 121 Å². The van der Waals surface area contributed by atoms with Crippen LogP contribution in [0.2, 0.25) is 0 Å². The highest BCUT2D eigenvalue weighted by atomic mass is 32.1. The molecule has 10 nitrogen and oxygen atoms in total. The predicted molar refractivity (Wildman–Crippen MR) is 244 cm³/mol. The molecule has 4 aromatic heterocycles. The minimum Gasteiger partial charge on any atom is -0.504 e. The van der Waals surface area contributed by atoms with Crippen LogP contribution in [0.3, 0.4) is 0 Å². The number of fused-ring (bicyclic) bond motifs is 9. The van der Waals surface area contributed by atoms with Crippen LogP contribution in [-0.2, 0) is 0 Å². The molecule has 0 spiro atoms. The van der Waals surface area contributed by atoms with Crippen LogP contribution in [0.25, 0.3) is 115 Å². The zero-order valence-corrected chi connectivity index (χ0v) is 33.1. The smallest absolute Gasteiger partial charge is 0.208 e. The number of para-hydroxylation sites is 4. The summed E-state index contributed by atoms with van der Waals surface area (Å²) in [5, 5.41) is 59.8. The molecule has 0 aliphatic heterocycles. The molecule has 0 aliphatic carbocycles. The van der Waals surface area contributed by atoms with Crippen LogP contribution < -0.4 is 0 Å². The Bertz CT molecular complexity index is 3810. The van der Waals surface area contributed by atoms with Crippen molar-refractivity contribution < 1.29 is 29.9 Å². The third-order valence-corrected chi connectivity index (χ3v) is 12.9. The fraction of sp³-hybridized carbons (Fsp3) is 0. The van der Waals surface area contributed by atoms with Crippen LogP contribution in [0.5, 0.6) is 28.7 Å². The summed E-state index contributed by atoms with van der Waals surface area (Å²) in [6.07, 6.45) is 0. The van der Waals surface area contributed by atoms with Gasteiger partial charge < -0.3 is 34.5 Å². The van der Waals surface area contributed by atoms with Gasteiger partial charge in [-0.3, -0.25) is 0 Å². The van der Waals surface area contributed by atoms with Crippen molar-refractivity contribution in [3.8, 4) is 79.7 Å². The maximum atomic E-state index is 11.2. The summed E-state index contributed by atoms with van der Waals surface area (Å²) in [6, 6.07) is 50.7. The number of nitrogens with zero attached hydrogens (tertiary/aromatic N) is 4. The molecule has 12 aromatic rings. The first-order valence-corrected chi connectivity index (χ1v) is 20.6. The molecule has 0 unspecified atom stereocenters. The van der Waals surface area contributed by atoms with E-state index in [4.69, 9.17) is 19.4 Å². The van der Waals surface area contributed by atoms with Gasteiger partial charge >= 0.3 is 0 Å². The van der Waals surface area contributed by atoms with Gasteiger partial charge in [0, 0.05) is 52.8 Å². The highest BCUT2D eigenvalue weighted by Gasteiger charge is 2.29. The lowest BCUT2D eigenvalue weighted by Gasteiger charge is -2.13. The fourth-order valence-electron chi connectivity index (χ4n) is 8.83. The molecule has 12 rings (SSSR count). The lowest BCUT2D eigenvalue weighted by Crippen LogP contribution is -2.01. The summed E-state index contributed by atoms with van der Waals surface area (Å²) < 4.78 is 11.2. The normalized spacial score (nSPS) is 11.9. The molecule has 5 N–H and O–H groups in total. The van der Waals surface area contributed by atoms with Crippen molar-refractivity contribution >= 4 is 75.3 Å². The summed E-state index contributed by atoms with van der Waals surface area (Å²) in [4.78, 5) is 14.6. The average Bonchev–Trinajstić information content (AvgIpc) is 4.00. The van der Waals surface area contributed by atoms with Crippen molar-refractivity contribution in [1.29, 1.82) is 0 Å². The third kappa shape index (κ3) is 5.06. The van der Waals surface area contributed by atoms with Crippen LogP contribution in [0, 0.1) is 0 Å². The van der Waals surface area contributed by atoms with Gasteiger partial charge in [0.05, 0.1) is 22.3 Å². The van der Waals surface area contributed by atoms with Crippen molar-refractivity contribution in [2.45, 2.75) is 0 Å². The molecule has 8 aromatic carbocycles. The molecule has 0 saturated carbocycles. The highest BCUT2D eigenvalue weighted by Crippen LogP contribution is 2.54. The number of phenolic OH excluding ortho intramolecular Hbond substituents is 5. The Morgan fingerprint density at radius 1 is 0.419 bits per heavy atom. The summed E-state index contributed by atoms with van der Waals surface area (Å²) in [6.45, 7) is 0. The van der Waals surface area contributed by atoms with Gasteiger partial charge in [-0.25, -0.2) is 15.0 Å². The molecule has 296 valence electrons. The standard InChI is InChI=1S/C51H30N4O6S/c56-41-39(42(57)44(59)45(60)43(41)58)51-53-49(52-50(54-51)35-22-10-20-33-29-15-5-7-25-38(29)62-48(33)35)34-21-9-18-31-32-19-11-24-37(47(32)61-46(31)34)55-36-23-6-4-14-28(36)30-17-8-16-27(40(30)55)26-12-2-1-3-13-26/h1-25,56-60H. The van der Waals surface area contributed by atoms with Crippen LogP contribution in [-0.4, -0.2) is 45.1 Å². The number of thiophene rings is 1. The summed E-state index contributed by atoms with van der Waals surface area (Å²) in [5.74, 6) is -4.96. The molecule has 0 amide bonds. The van der Waals surface area contributed by atoms with Crippen LogP contribution in [0.1, 0.15) is 0 Å². The zero-order valence-electron chi connectivity index (χ0n) is 32.3. The van der Waals surface area contributed by atoms with Gasteiger partial charge in [-0.05, 0) is 35.9 Å². The Kier molecular flexibility index (Phi) is 7.62. The molecule has 0 radical (unpaired) electrons. The Morgan fingerprint density at radius 2 is 0.968 bits per heavy atom. The van der Waals surface area contributed by atoms with E-state index in [9.17, 15) is 25.5 Å². The zero-order chi connectivity index (χ0) is 41.8. The summed E-state index contributed by atoms with van der Waals surface area (Å²) in [7, 11) is 0. The van der Waals surface area contributed by atoms with E-state index in [0.717, 1.165) is 69.6 Å². The quantitative estimate of drug-likeness (QED) is 0.0841. The molecular weight excluding hydrogens is 797 g/mol. The molecular formula is C51H30N4O6S. The minimum atomic E-state index is -1.09. The lowest BCUT2D eigenvalue weighted by atomic mass is 10.0. The Morgan fingerprint density at radius 3 is 1.74 bits per heavy atom. The van der Waals surface area contributed by atoms with Crippen LogP contribution in [0.4, 0.5) is 0 Å². The maximum absolute atomic E-state index is 11.2. The third-order valence-electron chi connectivity index (χ3n) is 11.6. The second kappa shape index (κ2) is 13.3. The van der Waals surface area contributed by atoms with Gasteiger partial charge in [-0.15, -0.1) is 11.3 Å². The number of rotatable bonds is 5. The first-order chi connectivity index (χ1) is 30.4. The van der Waals surface area contributed by atoms with Crippen LogP contribution in [0.15, 0.2) is 156 Å². The number of aromatic nitrogens is 4. The fourth-order valence-corrected chi connectivity index (χ4v) is 10.0. The minimum absolute atomic E-state index is 0.128. The van der Waals surface area contributed by atoms with Gasteiger partial charge in [0.2, 0.25) is 17.2 Å². The highest BCUT2D eigenvalue weighted by molar-refractivity contribution is 7.26. The molecule has 62 heavy (non-hydrogen) atoms. The van der Waals surface area contributed by atoms with E-state index in [1.54, 1.807) is 11.3 Å². The molecule has 4 heterocycles. The topological polar surface area (TPSA) is 158 Å². The molecule has 0 fully saturated rings. The molecule has 0 saturated heterocycles. The van der Waals surface area contributed by atoms with Crippen LogP contribution >= 0.6 is 11.3 Å². The molecule has 0 aliphatic rings. The van der Waals surface area contributed by atoms with Crippen molar-refractivity contribution in [3.05, 3.63) is 152 Å². The van der Waals surface area contributed by atoms with E-state index in [2.05, 4.69) is 59.2 Å².